The highest BCUT2D eigenvalue weighted by Crippen LogP contribution is 2.30. The van der Waals surface area contributed by atoms with Crippen molar-refractivity contribution in [3.05, 3.63) is 23.8 Å². The maximum absolute atomic E-state index is 13.2. The number of nitrogens with zero attached hydrogens (tertiary/aromatic N) is 2. The van der Waals surface area contributed by atoms with Crippen molar-refractivity contribution in [2.24, 2.45) is 4.99 Å². The minimum atomic E-state index is 0.0789. The second kappa shape index (κ2) is 9.91. The van der Waals surface area contributed by atoms with Gasteiger partial charge in [-0.1, -0.05) is 52.0 Å². The van der Waals surface area contributed by atoms with E-state index in [0.717, 1.165) is 63.0 Å². The van der Waals surface area contributed by atoms with Crippen molar-refractivity contribution >= 4 is 17.8 Å². The van der Waals surface area contributed by atoms with Crippen LogP contribution in [-0.2, 0) is 11.2 Å². The van der Waals surface area contributed by atoms with Gasteiger partial charge in [0.1, 0.15) is 5.75 Å². The van der Waals surface area contributed by atoms with Gasteiger partial charge in [-0.25, -0.2) is 0 Å². The number of aliphatic imine (C=N–C) groups is 1. The molecule has 4 heteroatoms. The van der Waals surface area contributed by atoms with E-state index in [4.69, 9.17) is 4.74 Å². The van der Waals surface area contributed by atoms with Crippen molar-refractivity contribution in [2.75, 3.05) is 6.61 Å². The second-order valence-electron chi connectivity index (χ2n) is 7.92. The fourth-order valence-corrected chi connectivity index (χ4v) is 4.54. The Morgan fingerprint density at radius 1 is 1.22 bits per heavy atom. The lowest BCUT2D eigenvalue weighted by molar-refractivity contribution is -0.129. The Bertz CT molecular complexity index is 644. The minimum Gasteiger partial charge on any atom is -0.493 e. The lowest BCUT2D eigenvalue weighted by atomic mass is 9.91. The van der Waals surface area contributed by atoms with E-state index in [1.807, 2.05) is 12.1 Å². The van der Waals surface area contributed by atoms with Gasteiger partial charge in [-0.15, -0.1) is 0 Å². The summed E-state index contributed by atoms with van der Waals surface area (Å²) in [7, 11) is 0. The molecular weight excluding hydrogens is 336 g/mol. The minimum absolute atomic E-state index is 0.0789. The van der Waals surface area contributed by atoms with Crippen molar-refractivity contribution in [3.8, 4) is 5.75 Å². The van der Waals surface area contributed by atoms with Gasteiger partial charge in [0.15, 0.2) is 0 Å². The smallest absolute Gasteiger partial charge is 0.265 e. The van der Waals surface area contributed by atoms with Crippen LogP contribution in [0.15, 0.2) is 23.2 Å². The molecular formula is C23H34N2O2. The van der Waals surface area contributed by atoms with Gasteiger partial charge in [0.05, 0.1) is 18.5 Å². The van der Waals surface area contributed by atoms with E-state index in [1.54, 1.807) is 6.21 Å². The van der Waals surface area contributed by atoms with Crippen LogP contribution in [0.5, 0.6) is 5.75 Å². The number of amides is 1. The van der Waals surface area contributed by atoms with Crippen molar-refractivity contribution in [3.63, 3.8) is 0 Å². The molecule has 0 radical (unpaired) electrons. The van der Waals surface area contributed by atoms with Gasteiger partial charge in [-0.3, -0.25) is 9.79 Å². The first kappa shape index (κ1) is 19.9. The Hall–Kier alpha value is -1.84. The van der Waals surface area contributed by atoms with Crippen LogP contribution in [0.4, 0.5) is 5.69 Å². The third-order valence-corrected chi connectivity index (χ3v) is 5.86. The van der Waals surface area contributed by atoms with Crippen LogP contribution < -0.4 is 4.74 Å². The summed E-state index contributed by atoms with van der Waals surface area (Å²) in [5.74, 6) is 0.992. The van der Waals surface area contributed by atoms with E-state index < -0.39 is 0 Å². The number of carbonyl (C=O) groups is 1. The summed E-state index contributed by atoms with van der Waals surface area (Å²) >= 11 is 0. The van der Waals surface area contributed by atoms with Gasteiger partial charge in [-0.2, -0.15) is 0 Å². The molecule has 2 aliphatic rings. The van der Waals surface area contributed by atoms with Gasteiger partial charge in [0.25, 0.3) is 5.91 Å². The standard InChI is InChI=1S/C23H34N2O2/c1-3-8-20(9-4-2)25(21-10-6-5-7-11-21)23(26)17-24-19-13-12-18-14-15-27-22(18)16-19/h12-13,16-17,20-21H,3-11,14-15H2,1-2H3. The summed E-state index contributed by atoms with van der Waals surface area (Å²) in [5.41, 5.74) is 2.03. The molecule has 0 saturated heterocycles. The molecule has 0 bridgehead atoms. The average molecular weight is 371 g/mol. The van der Waals surface area contributed by atoms with Crippen LogP contribution in [0.3, 0.4) is 0 Å². The zero-order valence-corrected chi connectivity index (χ0v) is 17.0. The summed E-state index contributed by atoms with van der Waals surface area (Å²) < 4.78 is 5.62. The maximum Gasteiger partial charge on any atom is 0.265 e. The van der Waals surface area contributed by atoms with Gasteiger partial charge >= 0.3 is 0 Å². The average Bonchev–Trinajstić information content (AvgIpc) is 3.15. The van der Waals surface area contributed by atoms with Crippen LogP contribution in [0, 0.1) is 0 Å². The molecule has 1 amide bonds. The number of fused-ring (bicyclic) bond motifs is 1. The lowest BCUT2D eigenvalue weighted by Gasteiger charge is -2.39. The van der Waals surface area contributed by atoms with Crippen LogP contribution in [0.25, 0.3) is 0 Å². The van der Waals surface area contributed by atoms with Crippen LogP contribution in [-0.4, -0.2) is 35.7 Å². The number of carbonyl (C=O) groups excluding carboxylic acids is 1. The molecule has 1 aromatic rings. The highest BCUT2D eigenvalue weighted by atomic mass is 16.5. The van der Waals surface area contributed by atoms with Gasteiger partial charge < -0.3 is 9.64 Å². The van der Waals surface area contributed by atoms with E-state index in [-0.39, 0.29) is 5.91 Å². The summed E-state index contributed by atoms with van der Waals surface area (Å²) in [6.07, 6.45) is 12.9. The molecule has 0 atom stereocenters. The van der Waals surface area contributed by atoms with E-state index in [9.17, 15) is 4.79 Å². The number of hydrogen-bond donors (Lipinski definition) is 0. The summed E-state index contributed by atoms with van der Waals surface area (Å²) in [6.45, 7) is 5.17. The Kier molecular flexibility index (Phi) is 7.31. The third kappa shape index (κ3) is 5.12. The Labute approximate surface area is 164 Å². The molecule has 1 aliphatic heterocycles. The number of rotatable bonds is 8. The molecule has 1 fully saturated rings. The molecule has 1 aliphatic carbocycles. The Balaban J connectivity index is 1.76. The van der Waals surface area contributed by atoms with Crippen LogP contribution in [0.2, 0.25) is 0 Å². The zero-order valence-electron chi connectivity index (χ0n) is 17.0. The molecule has 3 rings (SSSR count). The van der Waals surface area contributed by atoms with Crippen molar-refractivity contribution in [1.82, 2.24) is 4.90 Å². The van der Waals surface area contributed by atoms with Crippen molar-refractivity contribution in [1.29, 1.82) is 0 Å². The maximum atomic E-state index is 13.2. The topological polar surface area (TPSA) is 41.9 Å². The van der Waals surface area contributed by atoms with Crippen molar-refractivity contribution < 1.29 is 9.53 Å². The summed E-state index contributed by atoms with van der Waals surface area (Å²) in [4.78, 5) is 19.9. The fraction of sp³-hybridized carbons (Fsp3) is 0.652. The molecule has 1 heterocycles. The predicted octanol–water partition coefficient (Wildman–Crippen LogP) is 5.45. The monoisotopic (exact) mass is 370 g/mol. The highest BCUT2D eigenvalue weighted by molar-refractivity contribution is 6.26. The predicted molar refractivity (Wildman–Crippen MR) is 111 cm³/mol. The normalized spacial score (nSPS) is 17.3. The quantitative estimate of drug-likeness (QED) is 0.571. The van der Waals surface area contributed by atoms with Gasteiger partial charge in [0, 0.05) is 24.6 Å². The second-order valence-corrected chi connectivity index (χ2v) is 7.92. The zero-order chi connectivity index (χ0) is 19.1. The van der Waals surface area contributed by atoms with Crippen LogP contribution >= 0.6 is 0 Å². The molecule has 0 unspecified atom stereocenters. The first-order chi connectivity index (χ1) is 13.2. The largest absolute Gasteiger partial charge is 0.493 e. The number of ether oxygens (including phenoxy) is 1. The van der Waals surface area contributed by atoms with E-state index in [1.165, 1.54) is 24.8 Å². The fourth-order valence-electron chi connectivity index (χ4n) is 4.54. The number of benzene rings is 1. The Morgan fingerprint density at radius 2 is 1.96 bits per heavy atom. The van der Waals surface area contributed by atoms with E-state index in [0.29, 0.717) is 12.1 Å². The molecule has 0 spiro atoms. The summed E-state index contributed by atoms with van der Waals surface area (Å²) in [5, 5.41) is 0. The SMILES string of the molecule is CCCC(CCC)N(C(=O)C=Nc1ccc2c(c1)OCC2)C1CCCCC1. The third-order valence-electron chi connectivity index (χ3n) is 5.86. The number of hydrogen-bond acceptors (Lipinski definition) is 3. The van der Waals surface area contributed by atoms with E-state index >= 15 is 0 Å². The summed E-state index contributed by atoms with van der Waals surface area (Å²) in [6, 6.07) is 6.72. The van der Waals surface area contributed by atoms with Crippen LogP contribution in [0.1, 0.15) is 77.2 Å². The van der Waals surface area contributed by atoms with Gasteiger partial charge in [0.2, 0.25) is 0 Å². The molecule has 4 nitrogen and oxygen atoms in total. The molecule has 1 aromatic carbocycles. The first-order valence-electron chi connectivity index (χ1n) is 10.8. The lowest BCUT2D eigenvalue weighted by Crippen LogP contribution is -2.48. The molecule has 1 saturated carbocycles. The molecule has 27 heavy (non-hydrogen) atoms. The molecule has 148 valence electrons. The first-order valence-corrected chi connectivity index (χ1v) is 10.8. The molecule has 0 N–H and O–H groups in total. The Morgan fingerprint density at radius 3 is 2.67 bits per heavy atom. The van der Waals surface area contributed by atoms with Crippen molar-refractivity contribution in [2.45, 2.75) is 90.1 Å². The van der Waals surface area contributed by atoms with E-state index in [2.05, 4.69) is 29.8 Å². The van der Waals surface area contributed by atoms with Gasteiger partial charge in [-0.05, 0) is 37.3 Å². The highest BCUT2D eigenvalue weighted by Gasteiger charge is 2.30. The molecule has 0 aromatic heterocycles.